The summed E-state index contributed by atoms with van der Waals surface area (Å²) in [6.07, 6.45) is -22.8. The molecular formula is C33H40O19. The third kappa shape index (κ3) is 7.03. The van der Waals surface area contributed by atoms with Crippen LogP contribution in [0, 0.1) is 0 Å². The topological polar surface area (TPSA) is 308 Å². The number of ether oxygens (including phenoxy) is 6. The van der Waals surface area contributed by atoms with Gasteiger partial charge in [-0.1, -0.05) is 0 Å². The number of aliphatic hydroxyl groups is 10. The molecule has 15 atom stereocenters. The Labute approximate surface area is 293 Å². The zero-order chi connectivity index (χ0) is 37.8. The van der Waals surface area contributed by atoms with Crippen molar-refractivity contribution in [3.05, 3.63) is 46.6 Å². The van der Waals surface area contributed by atoms with Crippen molar-refractivity contribution in [1.82, 2.24) is 0 Å². The molecule has 1 aromatic heterocycles. The molecule has 3 aliphatic rings. The Balaban J connectivity index is 1.38. The normalized spacial score (nSPS) is 38.2. The minimum Gasteiger partial charge on any atom is -0.507 e. The fourth-order valence-electron chi connectivity index (χ4n) is 6.08. The lowest BCUT2D eigenvalue weighted by atomic mass is 9.99. The number of hydrogen-bond acceptors (Lipinski definition) is 19. The van der Waals surface area contributed by atoms with Gasteiger partial charge in [-0.05, 0) is 38.1 Å². The highest BCUT2D eigenvalue weighted by Gasteiger charge is 2.46. The monoisotopic (exact) mass is 740 g/mol. The lowest BCUT2D eigenvalue weighted by Gasteiger charge is -2.39. The van der Waals surface area contributed by atoms with Crippen LogP contribution >= 0.6 is 0 Å². The highest BCUT2D eigenvalue weighted by atomic mass is 16.7. The number of rotatable bonds is 8. The van der Waals surface area contributed by atoms with Crippen molar-refractivity contribution in [1.29, 1.82) is 0 Å². The van der Waals surface area contributed by atoms with Crippen molar-refractivity contribution < 1.29 is 89.0 Å². The van der Waals surface area contributed by atoms with Crippen molar-refractivity contribution >= 4 is 11.0 Å². The summed E-state index contributed by atoms with van der Waals surface area (Å²) in [6, 6.07) is 7.65. The first-order valence-corrected chi connectivity index (χ1v) is 16.2. The third-order valence-corrected chi connectivity index (χ3v) is 9.23. The Morgan fingerprint density at radius 3 is 1.65 bits per heavy atom. The highest BCUT2D eigenvalue weighted by Crippen LogP contribution is 2.39. The lowest BCUT2D eigenvalue weighted by molar-refractivity contribution is -0.277. The summed E-state index contributed by atoms with van der Waals surface area (Å²) in [5.74, 6) is -1.79. The summed E-state index contributed by atoms with van der Waals surface area (Å²) in [4.78, 5) is 14.0. The molecule has 0 unspecified atom stereocenters. The average Bonchev–Trinajstić information content (AvgIpc) is 3.12. The smallest absolute Gasteiger partial charge is 0.239 e. The van der Waals surface area contributed by atoms with Crippen molar-refractivity contribution in [2.24, 2.45) is 0 Å². The molecule has 0 spiro atoms. The Kier molecular flexibility index (Phi) is 11.0. The molecule has 52 heavy (non-hydrogen) atoms. The first-order valence-electron chi connectivity index (χ1n) is 16.2. The van der Waals surface area contributed by atoms with Crippen LogP contribution in [0.4, 0.5) is 0 Å². The molecule has 19 heteroatoms. The van der Waals surface area contributed by atoms with Crippen LogP contribution in [0.1, 0.15) is 13.8 Å². The quantitative estimate of drug-likeness (QED) is 0.108. The number of fused-ring (bicyclic) bond motifs is 1. The molecule has 0 aliphatic carbocycles. The first kappa shape index (κ1) is 38.1. The van der Waals surface area contributed by atoms with Gasteiger partial charge in [0.05, 0.1) is 18.8 Å². The molecular weight excluding hydrogens is 700 g/mol. The van der Waals surface area contributed by atoms with Gasteiger partial charge in [-0.3, -0.25) is 4.79 Å². The molecule has 2 aromatic carbocycles. The van der Waals surface area contributed by atoms with Crippen molar-refractivity contribution in [3.8, 4) is 34.3 Å². The molecule has 3 fully saturated rings. The zero-order valence-electron chi connectivity index (χ0n) is 27.5. The SMILES string of the molecule is C[C@@H]1O[C@@H](Oc2ccc(-c3oc4cc(O[C@@H]5O[C@@H](C)[C@H](O)[C@@H](O)[C@H]5O)cc(O)c4c(=O)c3O[C@@H]3O[C@H](CO)[C@@H](O)[C@H](O)[C@H]3O)cc2)[C@H](O)[C@H](O)[C@H]1O. The van der Waals surface area contributed by atoms with E-state index in [-0.39, 0.29) is 28.4 Å². The van der Waals surface area contributed by atoms with E-state index < -0.39 is 121 Å². The number of benzene rings is 2. The van der Waals surface area contributed by atoms with Gasteiger partial charge in [0.1, 0.15) is 89.3 Å². The van der Waals surface area contributed by atoms with E-state index >= 15 is 0 Å². The molecule has 0 radical (unpaired) electrons. The van der Waals surface area contributed by atoms with Crippen LogP contribution in [0.5, 0.6) is 23.0 Å². The summed E-state index contributed by atoms with van der Waals surface area (Å²) >= 11 is 0. The minimum absolute atomic E-state index is 0.101. The molecule has 6 rings (SSSR count). The fourth-order valence-corrected chi connectivity index (χ4v) is 6.08. The second-order valence-corrected chi connectivity index (χ2v) is 12.8. The number of hydrogen-bond donors (Lipinski definition) is 11. The fraction of sp³-hybridized carbons (Fsp3) is 0.545. The van der Waals surface area contributed by atoms with Gasteiger partial charge in [0, 0.05) is 17.7 Å². The van der Waals surface area contributed by atoms with Gasteiger partial charge in [0.15, 0.2) is 5.76 Å². The molecule has 11 N–H and O–H groups in total. The summed E-state index contributed by atoms with van der Waals surface area (Å²) < 4.78 is 39.5. The summed E-state index contributed by atoms with van der Waals surface area (Å²) in [5, 5.41) is 112. The van der Waals surface area contributed by atoms with Crippen LogP contribution < -0.4 is 19.6 Å². The predicted octanol–water partition coefficient (Wildman–Crippen LogP) is -3.24. The van der Waals surface area contributed by atoms with Crippen molar-refractivity contribution in [2.75, 3.05) is 6.61 Å². The molecule has 0 bridgehead atoms. The van der Waals surface area contributed by atoms with E-state index in [1.54, 1.807) is 0 Å². The van der Waals surface area contributed by atoms with Crippen LogP contribution in [-0.2, 0) is 14.2 Å². The zero-order valence-corrected chi connectivity index (χ0v) is 27.5. The maximum Gasteiger partial charge on any atom is 0.239 e. The van der Waals surface area contributed by atoms with Gasteiger partial charge >= 0.3 is 0 Å². The summed E-state index contributed by atoms with van der Waals surface area (Å²) in [5.41, 5.74) is -1.20. The maximum absolute atomic E-state index is 14.0. The minimum atomic E-state index is -1.93. The van der Waals surface area contributed by atoms with Gasteiger partial charge < -0.3 is 89.0 Å². The van der Waals surface area contributed by atoms with E-state index in [1.165, 1.54) is 38.1 Å². The van der Waals surface area contributed by atoms with Gasteiger partial charge in [0.2, 0.25) is 30.0 Å². The Morgan fingerprint density at radius 1 is 0.615 bits per heavy atom. The highest BCUT2D eigenvalue weighted by molar-refractivity contribution is 5.88. The third-order valence-electron chi connectivity index (χ3n) is 9.23. The molecule has 3 aliphatic heterocycles. The van der Waals surface area contributed by atoms with Gasteiger partial charge in [-0.2, -0.15) is 0 Å². The number of aliphatic hydroxyl groups excluding tert-OH is 10. The van der Waals surface area contributed by atoms with Crippen LogP contribution in [0.2, 0.25) is 0 Å². The molecule has 4 heterocycles. The molecule has 0 amide bonds. The molecule has 3 saturated heterocycles. The van der Waals surface area contributed by atoms with E-state index in [0.29, 0.717) is 0 Å². The Morgan fingerprint density at radius 2 is 1.12 bits per heavy atom. The number of aromatic hydroxyl groups is 1. The standard InChI is InChI=1S/C33H40O19/c1-10-19(36)23(40)26(43)31(46-10)48-13-5-3-12(4-6-13)29-30(52-33-28(45)25(42)21(38)17(9-34)51-33)22(39)18-15(35)7-14(8-16(18)50-29)49-32-27(44)24(41)20(37)11(2)47-32/h3-8,10-11,17,19-21,23-28,31-38,40-45H,9H2,1-2H3/t10-,11-,17+,19-,20-,21+,23+,24+,25-,26+,27+,28+,31-,32-,33-/m0/s1. The van der Waals surface area contributed by atoms with Crippen LogP contribution in [0.3, 0.4) is 0 Å². The van der Waals surface area contributed by atoms with E-state index in [2.05, 4.69) is 0 Å². The molecule has 0 saturated carbocycles. The van der Waals surface area contributed by atoms with E-state index in [1.807, 2.05) is 0 Å². The van der Waals surface area contributed by atoms with E-state index in [4.69, 9.17) is 32.8 Å². The number of phenols is 1. The average molecular weight is 741 g/mol. The molecule has 286 valence electrons. The maximum atomic E-state index is 14.0. The van der Waals surface area contributed by atoms with Gasteiger partial charge in [0.25, 0.3) is 0 Å². The van der Waals surface area contributed by atoms with Gasteiger partial charge in [-0.25, -0.2) is 0 Å². The second-order valence-electron chi connectivity index (χ2n) is 12.8. The van der Waals surface area contributed by atoms with Crippen molar-refractivity contribution in [3.63, 3.8) is 0 Å². The molecule has 19 nitrogen and oxygen atoms in total. The summed E-state index contributed by atoms with van der Waals surface area (Å²) in [6.45, 7) is 2.12. The lowest BCUT2D eigenvalue weighted by Crippen LogP contribution is -2.60. The predicted molar refractivity (Wildman–Crippen MR) is 170 cm³/mol. The number of phenolic OH excluding ortho intramolecular Hbond substituents is 1. The molecule has 3 aromatic rings. The van der Waals surface area contributed by atoms with Crippen molar-refractivity contribution in [2.45, 2.75) is 106 Å². The largest absolute Gasteiger partial charge is 0.507 e. The Hall–Kier alpha value is -3.67. The van der Waals surface area contributed by atoms with Gasteiger partial charge in [-0.15, -0.1) is 0 Å². The van der Waals surface area contributed by atoms with Crippen LogP contribution in [-0.4, -0.2) is 155 Å². The van der Waals surface area contributed by atoms with E-state index in [9.17, 15) is 61.0 Å². The first-order chi connectivity index (χ1) is 24.6. The second kappa shape index (κ2) is 15.0. The van der Waals surface area contributed by atoms with Crippen LogP contribution in [0.15, 0.2) is 45.6 Å². The Bertz CT molecular complexity index is 1760. The van der Waals surface area contributed by atoms with E-state index in [0.717, 1.165) is 12.1 Å². The van der Waals surface area contributed by atoms with Crippen LogP contribution in [0.25, 0.3) is 22.3 Å². The summed E-state index contributed by atoms with van der Waals surface area (Å²) in [7, 11) is 0.